The van der Waals surface area contributed by atoms with Gasteiger partial charge in [-0.3, -0.25) is 14.9 Å². The minimum absolute atomic E-state index is 0.0226. The van der Waals surface area contributed by atoms with E-state index < -0.39 is 4.92 Å². The van der Waals surface area contributed by atoms with Gasteiger partial charge in [-0.25, -0.2) is 5.43 Å². The number of benzene rings is 3. The molecule has 3 aromatic rings. The van der Waals surface area contributed by atoms with E-state index in [-0.39, 0.29) is 24.6 Å². The fourth-order valence-electron chi connectivity index (χ4n) is 2.93. The van der Waals surface area contributed by atoms with Gasteiger partial charge in [-0.15, -0.1) is 0 Å². The Morgan fingerprint density at radius 2 is 1.82 bits per heavy atom. The zero-order valence-corrected chi connectivity index (χ0v) is 19.4. The Labute approximate surface area is 199 Å². The third kappa shape index (κ3) is 7.15. The van der Waals surface area contributed by atoms with Crippen LogP contribution in [0.4, 0.5) is 5.69 Å². The number of ether oxygens (including phenoxy) is 2. The second kappa shape index (κ2) is 11.8. The van der Waals surface area contributed by atoms with Crippen LogP contribution in [0.2, 0.25) is 0 Å². The molecule has 1 amide bonds. The van der Waals surface area contributed by atoms with Crippen LogP contribution in [0, 0.1) is 10.1 Å². The summed E-state index contributed by atoms with van der Waals surface area (Å²) in [5.41, 5.74) is 4.93. The zero-order valence-electron chi connectivity index (χ0n) is 17.9. The molecule has 0 radical (unpaired) electrons. The Morgan fingerprint density at radius 1 is 1.09 bits per heavy atom. The van der Waals surface area contributed by atoms with Crippen LogP contribution >= 0.6 is 15.9 Å². The maximum atomic E-state index is 12.1. The van der Waals surface area contributed by atoms with E-state index in [1.165, 1.54) is 18.3 Å². The van der Waals surface area contributed by atoms with Crippen molar-refractivity contribution >= 4 is 33.7 Å². The first-order valence-electron chi connectivity index (χ1n) is 10.1. The monoisotopic (exact) mass is 511 g/mol. The topological polar surface area (TPSA) is 103 Å². The van der Waals surface area contributed by atoms with Gasteiger partial charge in [-0.05, 0) is 63.8 Å². The Morgan fingerprint density at radius 3 is 2.48 bits per heavy atom. The summed E-state index contributed by atoms with van der Waals surface area (Å²) >= 11 is 3.49. The number of rotatable bonds is 10. The van der Waals surface area contributed by atoms with Crippen molar-refractivity contribution in [1.82, 2.24) is 5.43 Å². The normalized spacial score (nSPS) is 10.7. The first-order chi connectivity index (χ1) is 16.0. The summed E-state index contributed by atoms with van der Waals surface area (Å²) in [4.78, 5) is 22.4. The second-order valence-corrected chi connectivity index (χ2v) is 7.79. The number of nitrogens with one attached hydrogen (secondary N) is 1. The molecule has 33 heavy (non-hydrogen) atoms. The molecule has 0 aromatic heterocycles. The van der Waals surface area contributed by atoms with E-state index in [1.54, 1.807) is 24.3 Å². The van der Waals surface area contributed by atoms with Crippen LogP contribution in [0.1, 0.15) is 23.6 Å². The van der Waals surface area contributed by atoms with Gasteiger partial charge in [0.15, 0.2) is 11.5 Å². The molecule has 0 atom stereocenters. The highest BCUT2D eigenvalue weighted by molar-refractivity contribution is 9.10. The minimum atomic E-state index is -0.446. The molecule has 3 aromatic carbocycles. The fourth-order valence-corrected chi connectivity index (χ4v) is 3.51. The van der Waals surface area contributed by atoms with E-state index in [0.717, 1.165) is 11.1 Å². The van der Waals surface area contributed by atoms with E-state index in [0.29, 0.717) is 28.1 Å². The number of hydrazone groups is 1. The first kappa shape index (κ1) is 23.9. The van der Waals surface area contributed by atoms with Crippen molar-refractivity contribution in [1.29, 1.82) is 0 Å². The maximum absolute atomic E-state index is 12.1. The number of non-ortho nitro benzene ring substituents is 1. The SMILES string of the molecule is CCOc1cc(C=NNC(=O)Cc2ccccc2)cc(Br)c1OCc1ccc([N+](=O)[O-])cc1. The van der Waals surface area contributed by atoms with E-state index in [4.69, 9.17) is 9.47 Å². The summed E-state index contributed by atoms with van der Waals surface area (Å²) in [5, 5.41) is 14.8. The Balaban J connectivity index is 1.66. The van der Waals surface area contributed by atoms with E-state index in [1.807, 2.05) is 37.3 Å². The molecule has 3 rings (SSSR count). The highest BCUT2D eigenvalue weighted by Crippen LogP contribution is 2.37. The lowest BCUT2D eigenvalue weighted by Crippen LogP contribution is -2.19. The lowest BCUT2D eigenvalue weighted by Gasteiger charge is -2.14. The van der Waals surface area contributed by atoms with Crippen molar-refractivity contribution in [3.8, 4) is 11.5 Å². The molecule has 0 heterocycles. The molecule has 0 bridgehead atoms. The predicted octanol–water partition coefficient (Wildman–Crippen LogP) is 5.03. The van der Waals surface area contributed by atoms with E-state index in [2.05, 4.69) is 26.5 Å². The third-order valence-electron chi connectivity index (χ3n) is 4.47. The van der Waals surface area contributed by atoms with Gasteiger partial charge < -0.3 is 9.47 Å². The molecule has 0 aliphatic rings. The third-order valence-corrected chi connectivity index (χ3v) is 5.06. The van der Waals surface area contributed by atoms with Crippen LogP contribution in [-0.2, 0) is 17.8 Å². The quantitative estimate of drug-likeness (QED) is 0.233. The number of hydrogen-bond donors (Lipinski definition) is 1. The summed E-state index contributed by atoms with van der Waals surface area (Å²) in [6.45, 7) is 2.49. The van der Waals surface area contributed by atoms with Gasteiger partial charge in [-0.2, -0.15) is 5.10 Å². The van der Waals surface area contributed by atoms with E-state index >= 15 is 0 Å². The number of nitrogens with zero attached hydrogens (tertiary/aromatic N) is 2. The minimum Gasteiger partial charge on any atom is -0.490 e. The van der Waals surface area contributed by atoms with Crippen molar-refractivity contribution in [2.45, 2.75) is 20.0 Å². The van der Waals surface area contributed by atoms with E-state index in [9.17, 15) is 14.9 Å². The zero-order chi connectivity index (χ0) is 23.6. The molecule has 170 valence electrons. The molecule has 0 aliphatic carbocycles. The number of halogens is 1. The Bertz CT molecular complexity index is 1130. The molecule has 0 saturated carbocycles. The van der Waals surface area contributed by atoms with Crippen molar-refractivity contribution in [2.24, 2.45) is 5.10 Å². The number of carbonyl (C=O) groups excluding carboxylic acids is 1. The van der Waals surface area contributed by atoms with Crippen molar-refractivity contribution in [2.75, 3.05) is 6.61 Å². The van der Waals surface area contributed by atoms with Gasteiger partial charge in [-0.1, -0.05) is 30.3 Å². The van der Waals surface area contributed by atoms with Crippen LogP contribution in [0.15, 0.2) is 76.3 Å². The molecule has 0 fully saturated rings. The summed E-state index contributed by atoms with van der Waals surface area (Å²) in [6, 6.07) is 19.1. The Hall–Kier alpha value is -3.72. The van der Waals surface area contributed by atoms with Crippen LogP contribution in [0.25, 0.3) is 0 Å². The smallest absolute Gasteiger partial charge is 0.269 e. The summed E-state index contributed by atoms with van der Waals surface area (Å²) in [5.74, 6) is 0.788. The van der Waals surface area contributed by atoms with Gasteiger partial charge >= 0.3 is 0 Å². The highest BCUT2D eigenvalue weighted by Gasteiger charge is 2.13. The van der Waals surface area contributed by atoms with Crippen molar-refractivity contribution in [3.63, 3.8) is 0 Å². The number of amides is 1. The first-order valence-corrected chi connectivity index (χ1v) is 10.9. The van der Waals surface area contributed by atoms with Crippen molar-refractivity contribution < 1.29 is 19.2 Å². The van der Waals surface area contributed by atoms with Crippen LogP contribution in [-0.4, -0.2) is 23.7 Å². The molecular weight excluding hydrogens is 490 g/mol. The average molecular weight is 512 g/mol. The summed E-state index contributed by atoms with van der Waals surface area (Å²) in [6.07, 6.45) is 1.76. The number of hydrogen-bond acceptors (Lipinski definition) is 6. The molecule has 8 nitrogen and oxygen atoms in total. The molecule has 1 N–H and O–H groups in total. The van der Waals surface area contributed by atoms with Gasteiger partial charge in [0.1, 0.15) is 6.61 Å². The van der Waals surface area contributed by atoms with Gasteiger partial charge in [0.05, 0.1) is 28.6 Å². The summed E-state index contributed by atoms with van der Waals surface area (Å²) in [7, 11) is 0. The number of nitro benzene ring substituents is 1. The largest absolute Gasteiger partial charge is 0.490 e. The van der Waals surface area contributed by atoms with Crippen LogP contribution < -0.4 is 14.9 Å². The lowest BCUT2D eigenvalue weighted by molar-refractivity contribution is -0.384. The van der Waals surface area contributed by atoms with Crippen LogP contribution in [0.3, 0.4) is 0 Å². The molecule has 0 aliphatic heterocycles. The summed E-state index contributed by atoms with van der Waals surface area (Å²) < 4.78 is 12.3. The van der Waals surface area contributed by atoms with Crippen molar-refractivity contribution in [3.05, 3.63) is 98.0 Å². The predicted molar refractivity (Wildman–Crippen MR) is 129 cm³/mol. The second-order valence-electron chi connectivity index (χ2n) is 6.93. The van der Waals surface area contributed by atoms with Gasteiger partial charge in [0.2, 0.25) is 5.91 Å². The molecular formula is C24H22BrN3O5. The lowest BCUT2D eigenvalue weighted by atomic mass is 10.1. The number of nitro groups is 1. The molecule has 9 heteroatoms. The van der Waals surface area contributed by atoms with Crippen LogP contribution in [0.5, 0.6) is 11.5 Å². The maximum Gasteiger partial charge on any atom is 0.269 e. The number of carbonyl (C=O) groups is 1. The molecule has 0 unspecified atom stereocenters. The molecule has 0 spiro atoms. The molecule has 0 saturated heterocycles. The average Bonchev–Trinajstić information content (AvgIpc) is 2.79. The fraction of sp³-hybridized carbons (Fsp3) is 0.167. The van der Waals surface area contributed by atoms with Gasteiger partial charge in [0.25, 0.3) is 5.69 Å². The van der Waals surface area contributed by atoms with Gasteiger partial charge in [0, 0.05) is 12.1 Å². The highest BCUT2D eigenvalue weighted by atomic mass is 79.9. The Kier molecular flexibility index (Phi) is 8.54. The standard InChI is InChI=1S/C24H22BrN3O5/c1-2-32-22-13-19(15-26-27-23(29)14-17-6-4-3-5-7-17)12-21(25)24(22)33-16-18-8-10-20(11-9-18)28(30)31/h3-13,15H,2,14,16H2,1H3,(H,27,29).